The molecule has 1 saturated carbocycles. The van der Waals surface area contributed by atoms with Gasteiger partial charge in [0.1, 0.15) is 5.75 Å². The Morgan fingerprint density at radius 3 is 2.55 bits per heavy atom. The van der Waals surface area contributed by atoms with E-state index in [9.17, 15) is 0 Å². The predicted octanol–water partition coefficient (Wildman–Crippen LogP) is 3.81. The molecule has 1 atom stereocenters. The third-order valence-electron chi connectivity index (χ3n) is 4.62. The summed E-state index contributed by atoms with van der Waals surface area (Å²) in [5.41, 5.74) is 4.63. The zero-order valence-electron chi connectivity index (χ0n) is 13.0. The Labute approximate surface area is 122 Å². The van der Waals surface area contributed by atoms with Crippen LogP contribution < -0.4 is 16.0 Å². The molecule has 1 unspecified atom stereocenters. The van der Waals surface area contributed by atoms with Crippen LogP contribution in [0.2, 0.25) is 0 Å². The van der Waals surface area contributed by atoms with Gasteiger partial charge in [-0.25, -0.2) is 0 Å². The molecule has 1 aliphatic carbocycles. The zero-order valence-corrected chi connectivity index (χ0v) is 13.0. The molecule has 1 aliphatic rings. The zero-order chi connectivity index (χ0) is 14.6. The normalized spacial score (nSPS) is 19.2. The molecule has 0 aliphatic heterocycles. The minimum Gasteiger partial charge on any atom is -0.497 e. The monoisotopic (exact) mass is 276 g/mol. The first-order valence-electron chi connectivity index (χ1n) is 7.71. The molecule has 3 heteroatoms. The van der Waals surface area contributed by atoms with E-state index in [0.717, 1.165) is 5.75 Å². The molecular weight excluding hydrogens is 248 g/mol. The van der Waals surface area contributed by atoms with Crippen LogP contribution in [0, 0.1) is 11.3 Å². The molecule has 1 fully saturated rings. The lowest BCUT2D eigenvalue weighted by atomic mass is 9.70. The molecule has 0 bridgehead atoms. The average Bonchev–Trinajstić information content (AvgIpc) is 2.88. The second-order valence-electron chi connectivity index (χ2n) is 6.54. The van der Waals surface area contributed by atoms with E-state index < -0.39 is 0 Å². The Balaban J connectivity index is 2.32. The average molecular weight is 276 g/mol. The summed E-state index contributed by atoms with van der Waals surface area (Å²) in [4.78, 5) is 0. The van der Waals surface area contributed by atoms with Gasteiger partial charge in [-0.2, -0.15) is 0 Å². The van der Waals surface area contributed by atoms with Gasteiger partial charge < -0.3 is 4.74 Å². The van der Waals surface area contributed by atoms with Crippen LogP contribution in [0.1, 0.15) is 57.6 Å². The van der Waals surface area contributed by atoms with Crippen LogP contribution >= 0.6 is 0 Å². The first kappa shape index (κ1) is 15.3. The lowest BCUT2D eigenvalue weighted by molar-refractivity contribution is 0.155. The third kappa shape index (κ3) is 3.15. The van der Waals surface area contributed by atoms with Crippen molar-refractivity contribution in [2.24, 2.45) is 17.2 Å². The summed E-state index contributed by atoms with van der Waals surface area (Å²) in [6.07, 6.45) is 6.37. The maximum Gasteiger partial charge on any atom is 0.119 e. The summed E-state index contributed by atoms with van der Waals surface area (Å²) in [6, 6.07) is 8.53. The summed E-state index contributed by atoms with van der Waals surface area (Å²) in [6.45, 7) is 4.61. The van der Waals surface area contributed by atoms with Crippen LogP contribution in [0.25, 0.3) is 0 Å². The van der Waals surface area contributed by atoms with E-state index >= 15 is 0 Å². The van der Waals surface area contributed by atoms with Gasteiger partial charge in [0.2, 0.25) is 0 Å². The quantitative estimate of drug-likeness (QED) is 0.613. The van der Waals surface area contributed by atoms with Crippen molar-refractivity contribution in [3.05, 3.63) is 29.8 Å². The van der Waals surface area contributed by atoms with E-state index in [1.54, 1.807) is 7.11 Å². The van der Waals surface area contributed by atoms with Crippen molar-refractivity contribution in [3.8, 4) is 5.75 Å². The van der Waals surface area contributed by atoms with Gasteiger partial charge in [0.25, 0.3) is 0 Å². The van der Waals surface area contributed by atoms with Crippen LogP contribution in [0.5, 0.6) is 5.75 Å². The van der Waals surface area contributed by atoms with Crippen molar-refractivity contribution in [1.29, 1.82) is 0 Å². The molecule has 0 heterocycles. The van der Waals surface area contributed by atoms with E-state index in [4.69, 9.17) is 10.6 Å². The predicted molar refractivity (Wildman–Crippen MR) is 83.4 cm³/mol. The van der Waals surface area contributed by atoms with Crippen LogP contribution in [-0.2, 0) is 0 Å². The first-order chi connectivity index (χ1) is 9.61. The molecule has 0 radical (unpaired) electrons. The van der Waals surface area contributed by atoms with Crippen molar-refractivity contribution in [2.45, 2.75) is 52.0 Å². The molecule has 1 aromatic rings. The van der Waals surface area contributed by atoms with E-state index in [1.807, 2.05) is 6.07 Å². The number of hydrazine groups is 1. The Hall–Kier alpha value is -1.06. The highest BCUT2D eigenvalue weighted by atomic mass is 16.5. The SMILES string of the molecule is COc1cccc(C(NN)C2(CC(C)C)CCCC2)c1. The summed E-state index contributed by atoms with van der Waals surface area (Å²) in [5.74, 6) is 7.54. The number of nitrogens with two attached hydrogens (primary N) is 1. The van der Waals surface area contributed by atoms with Gasteiger partial charge in [-0.15, -0.1) is 0 Å². The van der Waals surface area contributed by atoms with Gasteiger partial charge in [0, 0.05) is 0 Å². The van der Waals surface area contributed by atoms with Crippen molar-refractivity contribution in [2.75, 3.05) is 7.11 Å². The fraction of sp³-hybridized carbons (Fsp3) is 0.647. The topological polar surface area (TPSA) is 47.3 Å². The first-order valence-corrected chi connectivity index (χ1v) is 7.71. The lowest BCUT2D eigenvalue weighted by Crippen LogP contribution is -2.41. The number of benzene rings is 1. The molecule has 1 aromatic carbocycles. The maximum atomic E-state index is 5.95. The Kier molecular flexibility index (Phi) is 5.06. The standard InChI is InChI=1S/C17H28N2O/c1-13(2)12-17(9-4-5-10-17)16(19-18)14-7-6-8-15(11-14)20-3/h6-8,11,13,16,19H,4-5,9-10,12,18H2,1-3H3. The molecular formula is C17H28N2O. The van der Waals surface area contributed by atoms with Gasteiger partial charge >= 0.3 is 0 Å². The highest BCUT2D eigenvalue weighted by Gasteiger charge is 2.41. The second kappa shape index (κ2) is 6.59. The fourth-order valence-electron chi connectivity index (χ4n) is 3.95. The van der Waals surface area contributed by atoms with Gasteiger partial charge in [0.05, 0.1) is 13.2 Å². The summed E-state index contributed by atoms with van der Waals surface area (Å²) < 4.78 is 5.36. The second-order valence-corrected chi connectivity index (χ2v) is 6.54. The molecule has 20 heavy (non-hydrogen) atoms. The number of nitrogens with one attached hydrogen (secondary N) is 1. The van der Waals surface area contributed by atoms with E-state index in [0.29, 0.717) is 5.92 Å². The van der Waals surface area contributed by atoms with Crippen LogP contribution in [0.4, 0.5) is 0 Å². The van der Waals surface area contributed by atoms with E-state index in [-0.39, 0.29) is 11.5 Å². The number of hydrogen-bond donors (Lipinski definition) is 2. The van der Waals surface area contributed by atoms with Gasteiger partial charge in [-0.1, -0.05) is 38.8 Å². The Morgan fingerprint density at radius 2 is 2.00 bits per heavy atom. The highest BCUT2D eigenvalue weighted by Crippen LogP contribution is 2.51. The van der Waals surface area contributed by atoms with Gasteiger partial charge in [-0.05, 0) is 48.3 Å². The fourth-order valence-corrected chi connectivity index (χ4v) is 3.95. The van der Waals surface area contributed by atoms with Crippen molar-refractivity contribution in [3.63, 3.8) is 0 Å². The molecule has 0 saturated heterocycles. The van der Waals surface area contributed by atoms with E-state index in [2.05, 4.69) is 37.5 Å². The molecule has 0 spiro atoms. The molecule has 112 valence electrons. The van der Waals surface area contributed by atoms with Crippen molar-refractivity contribution in [1.82, 2.24) is 5.43 Å². The smallest absolute Gasteiger partial charge is 0.119 e. The number of methoxy groups -OCH3 is 1. The molecule has 3 nitrogen and oxygen atoms in total. The molecule has 2 rings (SSSR count). The van der Waals surface area contributed by atoms with E-state index in [1.165, 1.54) is 37.7 Å². The number of hydrogen-bond acceptors (Lipinski definition) is 3. The van der Waals surface area contributed by atoms with Crippen molar-refractivity contribution >= 4 is 0 Å². The summed E-state index contributed by atoms with van der Waals surface area (Å²) in [5, 5.41) is 0. The molecule has 3 N–H and O–H groups in total. The minimum absolute atomic E-state index is 0.211. The third-order valence-corrected chi connectivity index (χ3v) is 4.62. The van der Waals surface area contributed by atoms with Gasteiger partial charge in [-0.3, -0.25) is 11.3 Å². The Morgan fingerprint density at radius 1 is 1.30 bits per heavy atom. The summed E-state index contributed by atoms with van der Waals surface area (Å²) in [7, 11) is 1.71. The number of ether oxygens (including phenoxy) is 1. The number of rotatable bonds is 6. The van der Waals surface area contributed by atoms with Crippen molar-refractivity contribution < 1.29 is 4.74 Å². The molecule has 0 amide bonds. The maximum absolute atomic E-state index is 5.95. The highest BCUT2D eigenvalue weighted by molar-refractivity contribution is 5.32. The minimum atomic E-state index is 0.211. The van der Waals surface area contributed by atoms with Crippen LogP contribution in [0.3, 0.4) is 0 Å². The molecule has 0 aromatic heterocycles. The van der Waals surface area contributed by atoms with Crippen LogP contribution in [-0.4, -0.2) is 7.11 Å². The summed E-state index contributed by atoms with van der Waals surface area (Å²) >= 11 is 0. The van der Waals surface area contributed by atoms with Crippen LogP contribution in [0.15, 0.2) is 24.3 Å². The lowest BCUT2D eigenvalue weighted by Gasteiger charge is -2.39. The Bertz CT molecular complexity index is 425. The largest absolute Gasteiger partial charge is 0.497 e. The van der Waals surface area contributed by atoms with Gasteiger partial charge in [0.15, 0.2) is 0 Å².